The molecule has 0 radical (unpaired) electrons. The van der Waals surface area contributed by atoms with Crippen molar-refractivity contribution in [3.63, 3.8) is 0 Å². The zero-order valence-electron chi connectivity index (χ0n) is 32.0. The van der Waals surface area contributed by atoms with E-state index in [0.29, 0.717) is 25.1 Å². The van der Waals surface area contributed by atoms with Crippen molar-refractivity contribution < 1.29 is 32.7 Å². The van der Waals surface area contributed by atoms with E-state index in [1.807, 2.05) is 46.4 Å². The van der Waals surface area contributed by atoms with Crippen LogP contribution < -0.4 is 5.32 Å². The van der Waals surface area contributed by atoms with Crippen LogP contribution in [0.25, 0.3) is 0 Å². The number of alkyl carbamates (subject to hydrolysis) is 1. The number of hydrogen-bond acceptors (Lipinski definition) is 6. The molecule has 5 rings (SSSR count). The third-order valence-electron chi connectivity index (χ3n) is 11.3. The molecule has 3 fully saturated rings. The van der Waals surface area contributed by atoms with Crippen molar-refractivity contribution in [2.75, 3.05) is 26.2 Å². The van der Waals surface area contributed by atoms with Crippen LogP contribution in [-0.2, 0) is 14.3 Å². The Bertz CT molecular complexity index is 1630. The Morgan fingerprint density at radius 2 is 1.56 bits per heavy atom. The van der Waals surface area contributed by atoms with Crippen LogP contribution in [-0.4, -0.2) is 88.4 Å². The van der Waals surface area contributed by atoms with Crippen LogP contribution in [0.15, 0.2) is 48.5 Å². The molecule has 1 N–H and O–H groups in total. The molecule has 284 valence electrons. The van der Waals surface area contributed by atoms with Crippen LogP contribution >= 0.6 is 0 Å². The van der Waals surface area contributed by atoms with Crippen LogP contribution in [0.2, 0.25) is 0 Å². The van der Waals surface area contributed by atoms with Gasteiger partial charge in [-0.15, -0.1) is 0 Å². The van der Waals surface area contributed by atoms with Gasteiger partial charge in [-0.25, -0.2) is 13.6 Å². The van der Waals surface area contributed by atoms with E-state index in [2.05, 4.69) is 24.1 Å². The second-order valence-corrected chi connectivity index (χ2v) is 17.8. The minimum absolute atomic E-state index is 0.00270. The summed E-state index contributed by atoms with van der Waals surface area (Å²) in [4.78, 5) is 60.6. The summed E-state index contributed by atoms with van der Waals surface area (Å²) in [5.74, 6) is -3.43. The van der Waals surface area contributed by atoms with Gasteiger partial charge in [0.1, 0.15) is 18.2 Å². The summed E-state index contributed by atoms with van der Waals surface area (Å²) < 4.78 is 35.0. The van der Waals surface area contributed by atoms with E-state index in [0.717, 1.165) is 31.7 Å². The molecule has 11 heteroatoms. The predicted molar refractivity (Wildman–Crippen MR) is 195 cm³/mol. The van der Waals surface area contributed by atoms with Gasteiger partial charge in [-0.1, -0.05) is 58.9 Å². The van der Waals surface area contributed by atoms with Crippen molar-refractivity contribution in [2.45, 2.75) is 117 Å². The summed E-state index contributed by atoms with van der Waals surface area (Å²) in [6.45, 7) is 17.1. The highest BCUT2D eigenvalue weighted by Crippen LogP contribution is 2.42. The first-order chi connectivity index (χ1) is 24.2. The van der Waals surface area contributed by atoms with Crippen molar-refractivity contribution in [3.8, 4) is 0 Å². The van der Waals surface area contributed by atoms with E-state index >= 15 is 4.39 Å². The molecule has 52 heavy (non-hydrogen) atoms. The fraction of sp³-hybridized carbons (Fsp3) is 0.610. The van der Waals surface area contributed by atoms with Gasteiger partial charge in [-0.05, 0) is 82.1 Å². The number of ether oxygens (including phenoxy) is 1. The van der Waals surface area contributed by atoms with Gasteiger partial charge < -0.3 is 14.5 Å². The Morgan fingerprint density at radius 3 is 2.15 bits per heavy atom. The summed E-state index contributed by atoms with van der Waals surface area (Å²) in [5, 5.41) is 2.27. The van der Waals surface area contributed by atoms with Crippen molar-refractivity contribution in [2.24, 2.45) is 16.7 Å². The molecule has 1 saturated carbocycles. The van der Waals surface area contributed by atoms with Crippen LogP contribution in [0.5, 0.6) is 0 Å². The lowest BCUT2D eigenvalue weighted by molar-refractivity contribution is -0.147. The van der Waals surface area contributed by atoms with Crippen LogP contribution in [0.4, 0.5) is 13.6 Å². The van der Waals surface area contributed by atoms with Gasteiger partial charge in [-0.2, -0.15) is 0 Å². The van der Waals surface area contributed by atoms with Crippen LogP contribution in [0, 0.1) is 28.4 Å². The minimum Gasteiger partial charge on any atom is -0.447 e. The first-order valence-electron chi connectivity index (χ1n) is 18.6. The van der Waals surface area contributed by atoms with E-state index in [9.17, 15) is 23.6 Å². The number of amides is 4. The standard InChI is InChI=1S/C41H56F2N4O5/c1-39(2,3)37(50)47(28-16-18-41(7,8)19-17-28)29-21-30(25-52-38(51)44-35(48)26-12-10-9-11-13-26)46(22-29)36(49)33-24-45(40(4,5)6)23-32(33)31-15-14-27(42)20-34(31)43/h9-15,20,28-30,32-33H,16-19,21-25H2,1-8H3,(H,44,48,51)/t29-,30-,32-,33+/m0/s1. The number of rotatable bonds is 7. The third-order valence-corrected chi connectivity index (χ3v) is 11.3. The summed E-state index contributed by atoms with van der Waals surface area (Å²) in [5.41, 5.74) is -0.236. The maximum Gasteiger partial charge on any atom is 0.414 e. The average Bonchev–Trinajstić information content (AvgIpc) is 3.70. The number of nitrogens with one attached hydrogen (secondary N) is 1. The van der Waals surface area contributed by atoms with Crippen molar-refractivity contribution in [3.05, 3.63) is 71.3 Å². The largest absolute Gasteiger partial charge is 0.447 e. The van der Waals surface area contributed by atoms with Gasteiger partial charge >= 0.3 is 6.09 Å². The molecule has 2 heterocycles. The number of nitrogens with zero attached hydrogens (tertiary/aromatic N) is 3. The van der Waals surface area contributed by atoms with E-state index in [1.165, 1.54) is 12.1 Å². The molecule has 4 atom stereocenters. The van der Waals surface area contributed by atoms with Gasteiger partial charge in [0.15, 0.2) is 0 Å². The second kappa shape index (κ2) is 15.2. The zero-order chi connectivity index (χ0) is 38.2. The summed E-state index contributed by atoms with van der Waals surface area (Å²) >= 11 is 0. The first kappa shape index (κ1) is 39.3. The second-order valence-electron chi connectivity index (χ2n) is 17.8. The molecule has 2 aromatic rings. The maximum atomic E-state index is 15.4. The molecule has 2 aliphatic heterocycles. The van der Waals surface area contributed by atoms with Gasteiger partial charge in [0.05, 0.1) is 18.0 Å². The number of halogens is 2. The Hall–Kier alpha value is -3.86. The SMILES string of the molecule is CC1(C)CCC(N(C(=O)C(C)(C)C)[C@H]2C[C@@H](COC(=O)NC(=O)c3ccccc3)N(C(=O)[C@@H]3CN(C(C)(C)C)C[C@H]3c3ccc(F)cc3F)C2)CC1. The summed E-state index contributed by atoms with van der Waals surface area (Å²) in [6, 6.07) is 10.9. The number of carbonyl (C=O) groups excluding carboxylic acids is 4. The highest BCUT2D eigenvalue weighted by molar-refractivity contribution is 6.02. The van der Waals surface area contributed by atoms with Gasteiger partial charge in [-0.3, -0.25) is 24.6 Å². The zero-order valence-corrected chi connectivity index (χ0v) is 32.0. The van der Waals surface area contributed by atoms with E-state index in [4.69, 9.17) is 4.74 Å². The highest BCUT2D eigenvalue weighted by Gasteiger charge is 2.50. The average molecular weight is 723 g/mol. The molecule has 1 aliphatic carbocycles. The first-order valence-corrected chi connectivity index (χ1v) is 18.6. The van der Waals surface area contributed by atoms with Crippen molar-refractivity contribution in [1.29, 1.82) is 0 Å². The molecule has 4 amide bonds. The molecule has 0 unspecified atom stereocenters. The molecule has 2 aromatic carbocycles. The number of likely N-dealkylation sites (tertiary alicyclic amines) is 2. The molecular weight excluding hydrogens is 666 g/mol. The predicted octanol–water partition coefficient (Wildman–Crippen LogP) is 7.16. The number of carbonyl (C=O) groups is 4. The summed E-state index contributed by atoms with van der Waals surface area (Å²) in [6.07, 6.45) is 3.07. The smallest absolute Gasteiger partial charge is 0.414 e. The lowest BCUT2D eigenvalue weighted by Crippen LogP contribution is -2.54. The molecule has 0 aromatic heterocycles. The lowest BCUT2D eigenvalue weighted by atomic mass is 9.74. The lowest BCUT2D eigenvalue weighted by Gasteiger charge is -2.45. The highest BCUT2D eigenvalue weighted by atomic mass is 19.1. The summed E-state index contributed by atoms with van der Waals surface area (Å²) in [7, 11) is 0. The Kier molecular flexibility index (Phi) is 11.5. The Balaban J connectivity index is 1.45. The molecule has 3 aliphatic rings. The van der Waals surface area contributed by atoms with E-state index < -0.39 is 46.9 Å². The molecule has 2 saturated heterocycles. The monoisotopic (exact) mass is 722 g/mol. The van der Waals surface area contributed by atoms with Gasteiger partial charge in [0.2, 0.25) is 11.8 Å². The number of benzene rings is 2. The van der Waals surface area contributed by atoms with E-state index in [1.54, 1.807) is 35.2 Å². The van der Waals surface area contributed by atoms with Crippen LogP contribution in [0.3, 0.4) is 0 Å². The van der Waals surface area contributed by atoms with E-state index in [-0.39, 0.29) is 53.6 Å². The molecule has 0 spiro atoms. The number of imide groups is 1. The topological polar surface area (TPSA) is 99.3 Å². The Labute approximate surface area is 307 Å². The Morgan fingerprint density at radius 1 is 0.904 bits per heavy atom. The molecular formula is C41H56F2N4O5. The molecule has 0 bridgehead atoms. The number of hydrogen-bond donors (Lipinski definition) is 1. The van der Waals surface area contributed by atoms with Crippen LogP contribution in [0.1, 0.15) is 109 Å². The minimum atomic E-state index is -0.937. The maximum absolute atomic E-state index is 15.4. The van der Waals surface area contributed by atoms with Crippen molar-refractivity contribution in [1.82, 2.24) is 20.0 Å². The molecule has 9 nitrogen and oxygen atoms in total. The quantitative estimate of drug-likeness (QED) is 0.326. The third kappa shape index (κ3) is 9.01. The fourth-order valence-corrected chi connectivity index (χ4v) is 8.10. The fourth-order valence-electron chi connectivity index (χ4n) is 8.10. The normalized spacial score (nSPS) is 24.1. The van der Waals surface area contributed by atoms with Gasteiger partial charge in [0, 0.05) is 54.2 Å². The van der Waals surface area contributed by atoms with Gasteiger partial charge in [0.25, 0.3) is 5.91 Å². The van der Waals surface area contributed by atoms with Crippen molar-refractivity contribution >= 4 is 23.8 Å².